The maximum absolute atomic E-state index is 13.9. The molecule has 210 valence electrons. The van der Waals surface area contributed by atoms with Gasteiger partial charge in [-0.25, -0.2) is 18.8 Å². The number of aliphatic hydroxyl groups is 1. The third-order valence-corrected chi connectivity index (χ3v) is 8.69. The van der Waals surface area contributed by atoms with Crippen molar-refractivity contribution < 1.29 is 27.8 Å². The first-order valence-electron chi connectivity index (χ1n) is 13.4. The second-order valence-electron chi connectivity index (χ2n) is 9.95. The average molecular weight is 564 g/mol. The van der Waals surface area contributed by atoms with Gasteiger partial charge in [-0.1, -0.05) is 48.5 Å². The van der Waals surface area contributed by atoms with E-state index in [1.165, 1.54) is 0 Å². The van der Waals surface area contributed by atoms with Crippen molar-refractivity contribution in [1.82, 2.24) is 10.9 Å². The van der Waals surface area contributed by atoms with Crippen LogP contribution in [0.3, 0.4) is 0 Å². The average Bonchev–Trinajstić information content (AvgIpc) is 3.74. The van der Waals surface area contributed by atoms with Crippen LogP contribution in [0.1, 0.15) is 42.9 Å². The summed E-state index contributed by atoms with van der Waals surface area (Å²) in [7, 11) is -3.70. The largest absolute Gasteiger partial charge is 0.494 e. The highest BCUT2D eigenvalue weighted by molar-refractivity contribution is 7.91. The molecule has 0 unspecified atom stereocenters. The van der Waals surface area contributed by atoms with Crippen LogP contribution in [-0.2, 0) is 19.4 Å². The zero-order valence-corrected chi connectivity index (χ0v) is 22.8. The summed E-state index contributed by atoms with van der Waals surface area (Å²) in [6.45, 7) is 0.430. The number of ether oxygens (including phenoxy) is 2. The molecule has 0 aromatic heterocycles. The number of benzene rings is 3. The van der Waals surface area contributed by atoms with Gasteiger partial charge in [-0.05, 0) is 54.8 Å². The van der Waals surface area contributed by atoms with Crippen LogP contribution in [0.2, 0.25) is 0 Å². The number of amides is 1. The first kappa shape index (κ1) is 27.8. The zero-order chi connectivity index (χ0) is 28.0. The molecular weight excluding hydrogens is 530 g/mol. The lowest BCUT2D eigenvalue weighted by Gasteiger charge is -2.30. The molecule has 0 saturated heterocycles. The Morgan fingerprint density at radius 1 is 1.00 bits per heavy atom. The van der Waals surface area contributed by atoms with E-state index in [0.717, 1.165) is 12.8 Å². The number of carbonyl (C=O) groups excluding carboxylic acids is 1. The van der Waals surface area contributed by atoms with Crippen LogP contribution in [0.15, 0.2) is 94.8 Å². The SMILES string of the molecule is O=C(NNC1CC1)[C@@]1(CCS(=O)(=O)c2ccccc2)N=C(c2ccc(OCCCO)cc2)O[C@H]1c1ccccc1. The number of hydrogen-bond acceptors (Lipinski definition) is 8. The van der Waals surface area contributed by atoms with Crippen LogP contribution in [0.25, 0.3) is 0 Å². The van der Waals surface area contributed by atoms with E-state index in [-0.39, 0.29) is 35.6 Å². The number of carbonyl (C=O) groups is 1. The van der Waals surface area contributed by atoms with Crippen LogP contribution in [-0.4, -0.2) is 55.9 Å². The third-order valence-electron chi connectivity index (χ3n) is 6.95. The highest BCUT2D eigenvalue weighted by Gasteiger charge is 2.54. The number of rotatable bonds is 13. The molecule has 3 aromatic carbocycles. The van der Waals surface area contributed by atoms with Crippen LogP contribution in [0.5, 0.6) is 5.75 Å². The topological polar surface area (TPSA) is 126 Å². The van der Waals surface area contributed by atoms with E-state index in [1.54, 1.807) is 54.6 Å². The van der Waals surface area contributed by atoms with E-state index in [4.69, 9.17) is 19.6 Å². The van der Waals surface area contributed by atoms with Crippen molar-refractivity contribution in [2.24, 2.45) is 4.99 Å². The Hall–Kier alpha value is -3.73. The molecule has 1 aliphatic carbocycles. The van der Waals surface area contributed by atoms with Crippen molar-refractivity contribution in [3.8, 4) is 5.75 Å². The van der Waals surface area contributed by atoms with Crippen molar-refractivity contribution in [2.75, 3.05) is 19.0 Å². The smallest absolute Gasteiger partial charge is 0.266 e. The second kappa shape index (κ2) is 12.2. The van der Waals surface area contributed by atoms with Crippen molar-refractivity contribution in [1.29, 1.82) is 0 Å². The molecule has 1 fully saturated rings. The quantitative estimate of drug-likeness (QED) is 0.215. The van der Waals surface area contributed by atoms with Gasteiger partial charge in [0.05, 0.1) is 17.3 Å². The lowest BCUT2D eigenvalue weighted by molar-refractivity contribution is -0.130. The van der Waals surface area contributed by atoms with Crippen LogP contribution >= 0.6 is 0 Å². The second-order valence-corrected chi connectivity index (χ2v) is 12.1. The van der Waals surface area contributed by atoms with Gasteiger partial charge in [0.15, 0.2) is 21.5 Å². The normalized spacial score (nSPS) is 20.4. The molecule has 5 rings (SSSR count). The molecule has 3 aromatic rings. The highest BCUT2D eigenvalue weighted by atomic mass is 32.2. The summed E-state index contributed by atoms with van der Waals surface area (Å²) in [5.41, 5.74) is 5.64. The first-order valence-corrected chi connectivity index (χ1v) is 15.1. The third kappa shape index (κ3) is 6.35. The van der Waals surface area contributed by atoms with Crippen LogP contribution in [0, 0.1) is 0 Å². The summed E-state index contributed by atoms with van der Waals surface area (Å²) >= 11 is 0. The Balaban J connectivity index is 1.50. The molecule has 10 heteroatoms. The lowest BCUT2D eigenvalue weighted by Crippen LogP contribution is -2.53. The molecule has 9 nitrogen and oxygen atoms in total. The molecule has 2 aliphatic rings. The summed E-state index contributed by atoms with van der Waals surface area (Å²) in [6, 6.07) is 24.8. The number of hydrazine groups is 1. The van der Waals surface area contributed by atoms with E-state index in [0.29, 0.717) is 29.9 Å². The van der Waals surface area contributed by atoms with E-state index >= 15 is 0 Å². The fraction of sp³-hybridized carbons (Fsp3) is 0.333. The van der Waals surface area contributed by atoms with Gasteiger partial charge in [-0.2, -0.15) is 0 Å². The Labute approximate surface area is 234 Å². The number of hydrogen-bond donors (Lipinski definition) is 3. The molecule has 1 heterocycles. The predicted octanol–water partition coefficient (Wildman–Crippen LogP) is 3.35. The molecule has 0 bridgehead atoms. The minimum atomic E-state index is -3.70. The Kier molecular flexibility index (Phi) is 8.49. The number of sulfone groups is 1. The molecule has 3 N–H and O–H groups in total. The van der Waals surface area contributed by atoms with Gasteiger partial charge in [0.25, 0.3) is 5.91 Å². The predicted molar refractivity (Wildman–Crippen MR) is 151 cm³/mol. The minimum absolute atomic E-state index is 0.0450. The van der Waals surface area contributed by atoms with Gasteiger partial charge < -0.3 is 14.6 Å². The molecule has 2 atom stereocenters. The minimum Gasteiger partial charge on any atom is -0.494 e. The zero-order valence-electron chi connectivity index (χ0n) is 22.0. The van der Waals surface area contributed by atoms with Crippen molar-refractivity contribution >= 4 is 21.6 Å². The van der Waals surface area contributed by atoms with Crippen LogP contribution in [0.4, 0.5) is 0 Å². The molecule has 0 spiro atoms. The summed E-state index contributed by atoms with van der Waals surface area (Å²) in [4.78, 5) is 19.0. The fourth-order valence-electron chi connectivity index (χ4n) is 4.54. The Morgan fingerprint density at radius 2 is 1.68 bits per heavy atom. The summed E-state index contributed by atoms with van der Waals surface area (Å²) in [6.07, 6.45) is 1.49. The molecular formula is C30H33N3O6S. The summed E-state index contributed by atoms with van der Waals surface area (Å²) < 4.78 is 38.6. The Morgan fingerprint density at radius 3 is 2.33 bits per heavy atom. The number of nitrogens with zero attached hydrogens (tertiary/aromatic N) is 1. The number of aliphatic hydroxyl groups excluding tert-OH is 1. The fourth-order valence-corrected chi connectivity index (χ4v) is 5.92. The van der Waals surface area contributed by atoms with Gasteiger partial charge in [-0.3, -0.25) is 10.2 Å². The molecule has 40 heavy (non-hydrogen) atoms. The summed E-state index contributed by atoms with van der Waals surface area (Å²) in [5.74, 6) is 0.126. The lowest BCUT2D eigenvalue weighted by atomic mass is 9.85. The standard InChI is InChI=1S/C30H33N3O6S/c34-19-7-20-38-25-16-12-23(13-17-25)28-31-30(29(35)33-32-24-14-15-24,27(39-28)22-8-3-1-4-9-22)18-21-40(36,37)26-10-5-2-6-11-26/h1-6,8-13,16-17,24,27,32,34H,7,14-15,18-21H2,(H,33,35)/t27-,30-/m0/s1. The van der Waals surface area contributed by atoms with Crippen molar-refractivity contribution in [2.45, 2.75) is 48.3 Å². The van der Waals surface area contributed by atoms with Crippen molar-refractivity contribution in [3.05, 3.63) is 96.1 Å². The highest BCUT2D eigenvalue weighted by Crippen LogP contribution is 2.43. The van der Waals surface area contributed by atoms with E-state index in [1.807, 2.05) is 30.3 Å². The maximum Gasteiger partial charge on any atom is 0.266 e. The maximum atomic E-state index is 13.9. The molecule has 1 amide bonds. The van der Waals surface area contributed by atoms with Gasteiger partial charge >= 0.3 is 0 Å². The first-order chi connectivity index (χ1) is 19.4. The van der Waals surface area contributed by atoms with Gasteiger partial charge in [-0.15, -0.1) is 0 Å². The van der Waals surface area contributed by atoms with Gasteiger partial charge in [0.2, 0.25) is 5.90 Å². The van der Waals surface area contributed by atoms with E-state index < -0.39 is 27.4 Å². The van der Waals surface area contributed by atoms with Gasteiger partial charge in [0.1, 0.15) is 5.75 Å². The monoisotopic (exact) mass is 563 g/mol. The molecule has 0 radical (unpaired) electrons. The van der Waals surface area contributed by atoms with Crippen molar-refractivity contribution in [3.63, 3.8) is 0 Å². The number of nitrogens with one attached hydrogen (secondary N) is 2. The van der Waals surface area contributed by atoms with Gasteiger partial charge in [0, 0.05) is 31.1 Å². The van der Waals surface area contributed by atoms with E-state index in [2.05, 4.69) is 10.9 Å². The number of aliphatic imine (C=N–C) groups is 1. The molecule has 1 aliphatic heterocycles. The Bertz CT molecular complexity index is 1430. The van der Waals surface area contributed by atoms with E-state index in [9.17, 15) is 13.2 Å². The molecule has 1 saturated carbocycles. The summed E-state index contributed by atoms with van der Waals surface area (Å²) in [5, 5.41) is 8.99. The van der Waals surface area contributed by atoms with Crippen LogP contribution < -0.4 is 15.6 Å².